The maximum absolute atomic E-state index is 10.5. The van der Waals surface area contributed by atoms with Gasteiger partial charge < -0.3 is 9.52 Å². The van der Waals surface area contributed by atoms with E-state index in [4.69, 9.17) is 21.1 Å². The van der Waals surface area contributed by atoms with Crippen molar-refractivity contribution in [3.63, 3.8) is 0 Å². The summed E-state index contributed by atoms with van der Waals surface area (Å²) in [4.78, 5) is 10.5. The molecule has 0 aliphatic heterocycles. The van der Waals surface area contributed by atoms with E-state index >= 15 is 0 Å². The van der Waals surface area contributed by atoms with E-state index in [1.807, 2.05) is 24.3 Å². The molecule has 0 unspecified atom stereocenters. The van der Waals surface area contributed by atoms with Crippen LogP contribution in [0.4, 0.5) is 0 Å². The normalized spacial score (nSPS) is 10.5. The van der Waals surface area contributed by atoms with Crippen LogP contribution in [0.2, 0.25) is 5.02 Å². The van der Waals surface area contributed by atoms with E-state index < -0.39 is 5.97 Å². The molecule has 1 aromatic carbocycles. The smallest absolute Gasteiger partial charge is 0.312 e. The predicted octanol–water partition coefficient (Wildman–Crippen LogP) is 2.14. The van der Waals surface area contributed by atoms with Crippen LogP contribution in [0.15, 0.2) is 28.7 Å². The molecule has 0 spiro atoms. The molecule has 0 saturated carbocycles. The Morgan fingerprint density at radius 2 is 2.06 bits per heavy atom. The molecule has 0 aliphatic carbocycles. The lowest BCUT2D eigenvalue weighted by Crippen LogP contribution is -1.99. The van der Waals surface area contributed by atoms with Crippen molar-refractivity contribution in [3.05, 3.63) is 46.6 Å². The molecule has 1 N–H and O–H groups in total. The zero-order valence-corrected chi connectivity index (χ0v) is 10.2. The van der Waals surface area contributed by atoms with Crippen molar-refractivity contribution in [2.24, 2.45) is 0 Å². The van der Waals surface area contributed by atoms with Gasteiger partial charge in [-0.2, -0.15) is 0 Å². The van der Waals surface area contributed by atoms with Gasteiger partial charge in [0.2, 0.25) is 11.8 Å². The van der Waals surface area contributed by atoms with Gasteiger partial charge in [-0.15, -0.1) is 10.2 Å². The van der Waals surface area contributed by atoms with E-state index in [0.717, 1.165) is 12.0 Å². The Labute approximate surface area is 108 Å². The van der Waals surface area contributed by atoms with Gasteiger partial charge in [-0.3, -0.25) is 4.79 Å². The number of rotatable bonds is 5. The minimum absolute atomic E-state index is 0.128. The molecule has 18 heavy (non-hydrogen) atoms. The van der Waals surface area contributed by atoms with E-state index in [2.05, 4.69) is 10.2 Å². The third kappa shape index (κ3) is 3.56. The molecule has 0 amide bonds. The fourth-order valence-corrected chi connectivity index (χ4v) is 1.75. The van der Waals surface area contributed by atoms with Gasteiger partial charge in [0.1, 0.15) is 6.42 Å². The Morgan fingerprint density at radius 1 is 1.28 bits per heavy atom. The number of hydrogen-bond acceptors (Lipinski definition) is 4. The first-order valence-corrected chi connectivity index (χ1v) is 5.79. The largest absolute Gasteiger partial charge is 0.481 e. The molecule has 1 heterocycles. The first kappa shape index (κ1) is 12.6. The molecule has 0 atom stereocenters. The van der Waals surface area contributed by atoms with Crippen LogP contribution in [-0.2, 0) is 24.1 Å². The highest BCUT2D eigenvalue weighted by Crippen LogP contribution is 2.13. The average molecular weight is 267 g/mol. The molecular weight excluding hydrogens is 256 g/mol. The average Bonchev–Trinajstić information content (AvgIpc) is 2.73. The number of carbonyl (C=O) groups is 1. The van der Waals surface area contributed by atoms with Crippen LogP contribution in [0.1, 0.15) is 17.3 Å². The highest BCUT2D eigenvalue weighted by Gasteiger charge is 2.09. The highest BCUT2D eigenvalue weighted by atomic mass is 35.5. The summed E-state index contributed by atoms with van der Waals surface area (Å²) in [5.74, 6) is -0.421. The lowest BCUT2D eigenvalue weighted by atomic mass is 10.1. The van der Waals surface area contributed by atoms with Crippen LogP contribution in [0.3, 0.4) is 0 Å². The van der Waals surface area contributed by atoms with E-state index in [9.17, 15) is 4.79 Å². The number of benzene rings is 1. The van der Waals surface area contributed by atoms with E-state index in [1.165, 1.54) is 0 Å². The van der Waals surface area contributed by atoms with Crippen molar-refractivity contribution >= 4 is 17.6 Å². The van der Waals surface area contributed by atoms with E-state index in [-0.39, 0.29) is 12.3 Å². The summed E-state index contributed by atoms with van der Waals surface area (Å²) in [6.45, 7) is 0. The van der Waals surface area contributed by atoms with Crippen molar-refractivity contribution in [1.29, 1.82) is 0 Å². The van der Waals surface area contributed by atoms with Crippen LogP contribution >= 0.6 is 11.6 Å². The molecule has 0 aliphatic rings. The fourth-order valence-electron chi connectivity index (χ4n) is 1.53. The van der Waals surface area contributed by atoms with Crippen LogP contribution in [0, 0.1) is 0 Å². The molecule has 0 bridgehead atoms. The molecule has 0 fully saturated rings. The number of carboxylic acids is 1. The van der Waals surface area contributed by atoms with Gasteiger partial charge in [0.15, 0.2) is 0 Å². The minimum atomic E-state index is -0.986. The third-order valence-electron chi connectivity index (χ3n) is 2.33. The summed E-state index contributed by atoms with van der Waals surface area (Å²) in [5, 5.41) is 16.7. The van der Waals surface area contributed by atoms with Gasteiger partial charge in [0, 0.05) is 11.4 Å². The molecule has 1 aromatic heterocycles. The van der Waals surface area contributed by atoms with Crippen LogP contribution in [0.5, 0.6) is 0 Å². The molecule has 6 heteroatoms. The van der Waals surface area contributed by atoms with Crippen molar-refractivity contribution < 1.29 is 14.3 Å². The number of carboxylic acid groups (broad SMARTS) is 1. The number of hydrogen-bond donors (Lipinski definition) is 1. The van der Waals surface area contributed by atoms with Gasteiger partial charge in [-0.1, -0.05) is 23.7 Å². The monoisotopic (exact) mass is 266 g/mol. The van der Waals surface area contributed by atoms with Crippen molar-refractivity contribution in [3.8, 4) is 0 Å². The second-order valence-electron chi connectivity index (χ2n) is 3.79. The second kappa shape index (κ2) is 5.64. The summed E-state index contributed by atoms with van der Waals surface area (Å²) in [7, 11) is 0. The van der Waals surface area contributed by atoms with E-state index in [0.29, 0.717) is 17.3 Å². The topological polar surface area (TPSA) is 76.2 Å². The van der Waals surface area contributed by atoms with Crippen LogP contribution in [-0.4, -0.2) is 21.3 Å². The molecule has 2 aromatic rings. The van der Waals surface area contributed by atoms with Crippen LogP contribution in [0.25, 0.3) is 0 Å². The second-order valence-corrected chi connectivity index (χ2v) is 4.23. The number of aryl methyl sites for hydroxylation is 2. The quantitative estimate of drug-likeness (QED) is 0.897. The summed E-state index contributed by atoms with van der Waals surface area (Å²) in [5.41, 5.74) is 1.07. The first-order chi connectivity index (χ1) is 8.63. The summed E-state index contributed by atoms with van der Waals surface area (Å²) in [6, 6.07) is 7.51. The van der Waals surface area contributed by atoms with E-state index in [1.54, 1.807) is 0 Å². The standard InChI is InChI=1S/C12H11ClN2O3/c13-9-3-1-2-8(6-9)4-5-10-14-15-11(18-10)7-12(16)17/h1-3,6H,4-5,7H2,(H,16,17). The van der Waals surface area contributed by atoms with Gasteiger partial charge in [-0.25, -0.2) is 0 Å². The highest BCUT2D eigenvalue weighted by molar-refractivity contribution is 6.30. The molecule has 0 saturated heterocycles. The maximum Gasteiger partial charge on any atom is 0.312 e. The number of aliphatic carboxylic acids is 1. The first-order valence-electron chi connectivity index (χ1n) is 5.41. The summed E-state index contributed by atoms with van der Waals surface area (Å²) >= 11 is 5.87. The fraction of sp³-hybridized carbons (Fsp3) is 0.250. The van der Waals surface area contributed by atoms with Gasteiger partial charge in [0.25, 0.3) is 0 Å². The number of aromatic nitrogens is 2. The third-order valence-corrected chi connectivity index (χ3v) is 2.56. The zero-order chi connectivity index (χ0) is 13.0. The summed E-state index contributed by atoms with van der Waals surface area (Å²) < 4.78 is 5.21. The van der Waals surface area contributed by atoms with Crippen molar-refractivity contribution in [2.45, 2.75) is 19.3 Å². The van der Waals surface area contributed by atoms with Gasteiger partial charge in [0.05, 0.1) is 0 Å². The molecule has 0 radical (unpaired) electrons. The van der Waals surface area contributed by atoms with Gasteiger partial charge in [-0.05, 0) is 24.1 Å². The maximum atomic E-state index is 10.5. The van der Waals surface area contributed by atoms with Crippen molar-refractivity contribution in [2.75, 3.05) is 0 Å². The number of halogens is 1. The van der Waals surface area contributed by atoms with Crippen LogP contribution < -0.4 is 0 Å². The molecule has 2 rings (SSSR count). The molecule has 5 nitrogen and oxygen atoms in total. The van der Waals surface area contributed by atoms with Crippen molar-refractivity contribution in [1.82, 2.24) is 10.2 Å². The number of nitrogens with zero attached hydrogens (tertiary/aromatic N) is 2. The summed E-state index contributed by atoms with van der Waals surface area (Å²) in [6.07, 6.45) is 1.03. The zero-order valence-electron chi connectivity index (χ0n) is 9.47. The lowest BCUT2D eigenvalue weighted by Gasteiger charge is -1.98. The Morgan fingerprint density at radius 3 is 2.78 bits per heavy atom. The minimum Gasteiger partial charge on any atom is -0.481 e. The Kier molecular flexibility index (Phi) is 3.94. The Hall–Kier alpha value is -1.88. The Balaban J connectivity index is 1.94. The Bertz CT molecular complexity index is 554. The van der Waals surface area contributed by atoms with Gasteiger partial charge >= 0.3 is 5.97 Å². The molecular formula is C12H11ClN2O3. The lowest BCUT2D eigenvalue weighted by molar-refractivity contribution is -0.136. The predicted molar refractivity (Wildman–Crippen MR) is 64.5 cm³/mol. The SMILES string of the molecule is O=C(O)Cc1nnc(CCc2cccc(Cl)c2)o1. The molecule has 94 valence electrons.